The van der Waals surface area contributed by atoms with E-state index in [1.807, 2.05) is 0 Å². The molecule has 198 valence electrons. The smallest absolute Gasteiger partial charge is 0.416 e. The minimum absolute atomic E-state index is 0.00893. The van der Waals surface area contributed by atoms with Gasteiger partial charge in [0.15, 0.2) is 0 Å². The summed E-state index contributed by atoms with van der Waals surface area (Å²) >= 11 is 0. The first-order valence-electron chi connectivity index (χ1n) is 10.6. The number of benzene rings is 2. The normalized spacial score (nSPS) is 16.5. The fourth-order valence-electron chi connectivity index (χ4n) is 4.28. The van der Waals surface area contributed by atoms with Crippen LogP contribution in [0.25, 0.3) is 0 Å². The van der Waals surface area contributed by atoms with Crippen molar-refractivity contribution in [3.63, 3.8) is 0 Å². The van der Waals surface area contributed by atoms with Gasteiger partial charge in [-0.25, -0.2) is 4.79 Å². The number of nitrogens with zero attached hydrogens (tertiary/aromatic N) is 2. The van der Waals surface area contributed by atoms with Crippen molar-refractivity contribution in [2.75, 3.05) is 25.1 Å². The number of carbonyl (C=O) groups excluding carboxylic acids is 1. The summed E-state index contributed by atoms with van der Waals surface area (Å²) in [5.74, 6) is 0. The molecule has 0 aromatic heterocycles. The van der Waals surface area contributed by atoms with Gasteiger partial charge in [-0.15, -0.1) is 0 Å². The van der Waals surface area contributed by atoms with Crippen LogP contribution in [0.15, 0.2) is 36.4 Å². The molecular weight excluding hydrogens is 507 g/mol. The van der Waals surface area contributed by atoms with Crippen molar-refractivity contribution in [2.45, 2.75) is 44.5 Å². The fourth-order valence-corrected chi connectivity index (χ4v) is 4.28. The van der Waals surface area contributed by atoms with Crippen LogP contribution in [0.2, 0.25) is 0 Å². The van der Waals surface area contributed by atoms with Gasteiger partial charge < -0.3 is 9.64 Å². The predicted molar refractivity (Wildman–Crippen MR) is 111 cm³/mol. The van der Waals surface area contributed by atoms with Crippen molar-refractivity contribution in [1.29, 1.82) is 0 Å². The number of likely N-dealkylation sites (N-methyl/N-ethyl adjacent to an activating group) is 1. The van der Waals surface area contributed by atoms with E-state index in [4.69, 9.17) is 0 Å². The van der Waals surface area contributed by atoms with E-state index < -0.39 is 59.5 Å². The first kappa shape index (κ1) is 27.5. The highest BCUT2D eigenvalue weighted by Crippen LogP contribution is 2.40. The van der Waals surface area contributed by atoms with Crippen LogP contribution in [0, 0.1) is 0 Å². The molecule has 0 N–H and O–H groups in total. The number of methoxy groups -OCH3 is 1. The van der Waals surface area contributed by atoms with Gasteiger partial charge in [-0.1, -0.05) is 6.07 Å². The Kier molecular flexibility index (Phi) is 7.43. The lowest BCUT2D eigenvalue weighted by Crippen LogP contribution is -2.51. The van der Waals surface area contributed by atoms with Gasteiger partial charge in [-0.05, 0) is 54.8 Å². The first-order chi connectivity index (χ1) is 16.6. The van der Waals surface area contributed by atoms with Gasteiger partial charge in [0.2, 0.25) is 0 Å². The SMILES string of the molecule is CCN1CC(N(Cc2cc(C(F)(F)F)cc(C(F)(F)F)c2)C(=O)OC)Cc2c1cccc2C(F)(F)F. The quantitative estimate of drug-likeness (QED) is 0.411. The number of rotatable bonds is 4. The maximum Gasteiger partial charge on any atom is 0.416 e. The number of fused-ring (bicyclic) bond motifs is 1. The Bertz CT molecular complexity index is 1080. The number of hydrogen-bond acceptors (Lipinski definition) is 3. The largest absolute Gasteiger partial charge is 0.453 e. The van der Waals surface area contributed by atoms with E-state index in [9.17, 15) is 44.3 Å². The predicted octanol–water partition coefficient (Wildman–Crippen LogP) is 6.76. The van der Waals surface area contributed by atoms with Crippen molar-refractivity contribution >= 4 is 11.8 Å². The zero-order valence-corrected chi connectivity index (χ0v) is 19.0. The third-order valence-electron chi connectivity index (χ3n) is 5.90. The van der Waals surface area contributed by atoms with Crippen molar-refractivity contribution < 1.29 is 49.0 Å². The molecule has 1 aliphatic rings. The van der Waals surface area contributed by atoms with Gasteiger partial charge in [-0.3, -0.25) is 4.90 Å². The van der Waals surface area contributed by atoms with Crippen LogP contribution in [0.5, 0.6) is 0 Å². The van der Waals surface area contributed by atoms with Crippen LogP contribution >= 0.6 is 0 Å². The summed E-state index contributed by atoms with van der Waals surface area (Å²) in [7, 11) is 0.956. The zero-order valence-electron chi connectivity index (χ0n) is 19.0. The molecule has 1 aliphatic heterocycles. The highest BCUT2D eigenvalue weighted by Gasteiger charge is 2.41. The molecule has 0 radical (unpaired) electrons. The molecule has 1 heterocycles. The van der Waals surface area contributed by atoms with E-state index in [2.05, 4.69) is 4.74 Å². The molecule has 0 bridgehead atoms. The highest BCUT2D eigenvalue weighted by atomic mass is 19.4. The summed E-state index contributed by atoms with van der Waals surface area (Å²) in [6.45, 7) is 1.15. The minimum atomic E-state index is -5.10. The highest BCUT2D eigenvalue weighted by molar-refractivity contribution is 5.69. The van der Waals surface area contributed by atoms with E-state index in [0.29, 0.717) is 12.1 Å². The van der Waals surface area contributed by atoms with Crippen molar-refractivity contribution in [3.8, 4) is 0 Å². The van der Waals surface area contributed by atoms with E-state index in [-0.39, 0.29) is 36.8 Å². The molecule has 0 spiro atoms. The molecule has 2 aromatic carbocycles. The molecule has 1 atom stereocenters. The first-order valence-corrected chi connectivity index (χ1v) is 10.6. The molecule has 36 heavy (non-hydrogen) atoms. The van der Waals surface area contributed by atoms with Gasteiger partial charge in [-0.2, -0.15) is 39.5 Å². The summed E-state index contributed by atoms with van der Waals surface area (Å²) in [6.07, 6.45) is -16.4. The monoisotopic (exact) mass is 528 g/mol. The third-order valence-corrected chi connectivity index (χ3v) is 5.90. The standard InChI is InChI=1S/C23H21F9N2O2/c1-3-33-12-16(10-17-18(23(30,31)32)5-4-6-19(17)33)34(20(35)36-2)11-13-7-14(21(24,25)26)9-15(8-13)22(27,28)29/h4-9,16H,3,10-12H2,1-2H3. The lowest BCUT2D eigenvalue weighted by molar-refractivity contribution is -0.143. The Morgan fingerprint density at radius 2 is 1.56 bits per heavy atom. The Morgan fingerprint density at radius 3 is 2.03 bits per heavy atom. The van der Waals surface area contributed by atoms with Crippen LogP contribution in [-0.4, -0.2) is 37.2 Å². The second-order valence-electron chi connectivity index (χ2n) is 8.21. The average molecular weight is 528 g/mol. The topological polar surface area (TPSA) is 32.8 Å². The number of ether oxygens (including phenoxy) is 1. The molecule has 3 rings (SSSR count). The summed E-state index contributed by atoms with van der Waals surface area (Å²) in [4.78, 5) is 15.0. The van der Waals surface area contributed by atoms with Crippen LogP contribution in [0.4, 0.5) is 50.0 Å². The molecule has 2 aromatic rings. The number of anilines is 1. The molecule has 1 amide bonds. The van der Waals surface area contributed by atoms with Crippen LogP contribution < -0.4 is 4.90 Å². The number of carbonyl (C=O) groups is 1. The van der Waals surface area contributed by atoms with Gasteiger partial charge in [0.25, 0.3) is 0 Å². The van der Waals surface area contributed by atoms with E-state index >= 15 is 0 Å². The summed E-state index contributed by atoms with van der Waals surface area (Å²) < 4.78 is 125. The number of alkyl halides is 9. The lowest BCUT2D eigenvalue weighted by atomic mass is 9.92. The maximum absolute atomic E-state index is 13.7. The van der Waals surface area contributed by atoms with Crippen LogP contribution in [-0.2, 0) is 36.2 Å². The van der Waals surface area contributed by atoms with E-state index in [0.717, 1.165) is 18.1 Å². The molecular formula is C23H21F9N2O2. The Balaban J connectivity index is 2.07. The third kappa shape index (κ3) is 5.81. The van der Waals surface area contributed by atoms with Crippen LogP contribution in [0.3, 0.4) is 0 Å². The van der Waals surface area contributed by atoms with Crippen molar-refractivity contribution in [3.05, 3.63) is 64.2 Å². The molecule has 1 unspecified atom stereocenters. The average Bonchev–Trinajstić information content (AvgIpc) is 2.78. The van der Waals surface area contributed by atoms with Gasteiger partial charge in [0, 0.05) is 25.3 Å². The van der Waals surface area contributed by atoms with E-state index in [1.165, 1.54) is 12.1 Å². The molecule has 0 saturated heterocycles. The summed E-state index contributed by atoms with van der Waals surface area (Å²) in [5, 5.41) is 0. The molecule has 0 saturated carbocycles. The van der Waals surface area contributed by atoms with Crippen molar-refractivity contribution in [2.24, 2.45) is 0 Å². The number of hydrogen-bond donors (Lipinski definition) is 0. The minimum Gasteiger partial charge on any atom is -0.453 e. The Hall–Kier alpha value is -3.12. The Morgan fingerprint density at radius 1 is 0.972 bits per heavy atom. The van der Waals surface area contributed by atoms with E-state index in [1.54, 1.807) is 11.8 Å². The molecule has 4 nitrogen and oxygen atoms in total. The molecule has 0 fully saturated rings. The van der Waals surface area contributed by atoms with Crippen LogP contribution in [0.1, 0.15) is 34.7 Å². The van der Waals surface area contributed by atoms with Crippen molar-refractivity contribution in [1.82, 2.24) is 4.90 Å². The maximum atomic E-state index is 13.7. The summed E-state index contributed by atoms with van der Waals surface area (Å²) in [6, 6.07) is 3.47. The second-order valence-corrected chi connectivity index (χ2v) is 8.21. The molecule has 13 heteroatoms. The Labute approximate surface area is 200 Å². The second kappa shape index (κ2) is 9.74. The summed E-state index contributed by atoms with van der Waals surface area (Å²) in [5.41, 5.74) is -4.42. The zero-order chi connectivity index (χ0) is 27.1. The number of halogens is 9. The van der Waals surface area contributed by atoms with Gasteiger partial charge in [0.1, 0.15) is 0 Å². The lowest BCUT2D eigenvalue weighted by Gasteiger charge is -2.41. The number of amides is 1. The van der Waals surface area contributed by atoms with Gasteiger partial charge >= 0.3 is 24.6 Å². The fraction of sp³-hybridized carbons (Fsp3) is 0.435. The van der Waals surface area contributed by atoms with Gasteiger partial charge in [0.05, 0.1) is 29.8 Å². The molecule has 0 aliphatic carbocycles.